The lowest BCUT2D eigenvalue weighted by molar-refractivity contribution is 0.0718. The zero-order valence-electron chi connectivity index (χ0n) is 8.40. The number of nitrogens with zero attached hydrogens (tertiary/aromatic N) is 2. The third kappa shape index (κ3) is 2.23. The number of piperidine rings is 1. The van der Waals surface area contributed by atoms with Crippen LogP contribution in [-0.4, -0.2) is 33.9 Å². The van der Waals surface area contributed by atoms with E-state index in [0.717, 1.165) is 25.9 Å². The Bertz CT molecular complexity index is 407. The minimum Gasteiger partial charge on any atom is -0.337 e. The third-order valence-corrected chi connectivity index (χ3v) is 2.54. The highest BCUT2D eigenvalue weighted by Gasteiger charge is 2.19. The second-order valence-electron chi connectivity index (χ2n) is 3.65. The molecule has 2 rings (SSSR count). The van der Waals surface area contributed by atoms with Gasteiger partial charge in [-0.05, 0) is 19.3 Å². The number of amides is 1. The summed E-state index contributed by atoms with van der Waals surface area (Å²) in [6.07, 6.45) is 4.51. The van der Waals surface area contributed by atoms with Crippen LogP contribution in [0.5, 0.6) is 0 Å². The Morgan fingerprint density at radius 2 is 2.07 bits per heavy atom. The Balaban J connectivity index is 2.16. The molecule has 1 aromatic rings. The van der Waals surface area contributed by atoms with Crippen molar-refractivity contribution in [3.05, 3.63) is 28.4 Å². The molecule has 5 nitrogen and oxygen atoms in total. The van der Waals surface area contributed by atoms with Crippen molar-refractivity contribution in [2.75, 3.05) is 13.1 Å². The minimum absolute atomic E-state index is 0.138. The Hall–Kier alpha value is -1.65. The average molecular weight is 207 g/mol. The summed E-state index contributed by atoms with van der Waals surface area (Å²) in [4.78, 5) is 30.9. The lowest BCUT2D eigenvalue weighted by atomic mass is 10.1. The highest BCUT2D eigenvalue weighted by atomic mass is 16.2. The van der Waals surface area contributed by atoms with Crippen molar-refractivity contribution in [2.24, 2.45) is 0 Å². The van der Waals surface area contributed by atoms with Gasteiger partial charge in [0, 0.05) is 19.2 Å². The number of aromatic nitrogens is 2. The lowest BCUT2D eigenvalue weighted by Gasteiger charge is -2.26. The summed E-state index contributed by atoms with van der Waals surface area (Å²) in [6.45, 7) is 1.54. The van der Waals surface area contributed by atoms with Crippen LogP contribution < -0.4 is 5.56 Å². The van der Waals surface area contributed by atoms with Crippen LogP contribution in [-0.2, 0) is 0 Å². The Labute approximate surface area is 87.1 Å². The summed E-state index contributed by atoms with van der Waals surface area (Å²) in [5.74, 6) is -0.138. The normalized spacial score (nSPS) is 16.4. The molecule has 1 fully saturated rings. The Kier molecular flexibility index (Phi) is 2.80. The molecule has 1 saturated heterocycles. The fourth-order valence-electron chi connectivity index (χ4n) is 1.74. The Morgan fingerprint density at radius 1 is 1.33 bits per heavy atom. The number of H-pyrrole nitrogens is 1. The summed E-state index contributed by atoms with van der Waals surface area (Å²) in [5, 5.41) is 0. The molecule has 1 amide bonds. The van der Waals surface area contributed by atoms with Crippen LogP contribution in [0.15, 0.2) is 17.2 Å². The summed E-state index contributed by atoms with van der Waals surface area (Å²) < 4.78 is 0. The molecule has 0 unspecified atom stereocenters. The zero-order chi connectivity index (χ0) is 10.7. The van der Waals surface area contributed by atoms with Gasteiger partial charge in [-0.25, -0.2) is 4.98 Å². The molecule has 0 aromatic carbocycles. The zero-order valence-corrected chi connectivity index (χ0v) is 8.40. The molecule has 1 N–H and O–H groups in total. The first-order chi connectivity index (χ1) is 7.27. The number of aromatic amines is 1. The van der Waals surface area contributed by atoms with Gasteiger partial charge in [0.05, 0.1) is 6.33 Å². The van der Waals surface area contributed by atoms with Crippen LogP contribution in [0.1, 0.15) is 29.8 Å². The fraction of sp³-hybridized carbons (Fsp3) is 0.500. The van der Waals surface area contributed by atoms with E-state index in [4.69, 9.17) is 0 Å². The molecule has 2 heterocycles. The van der Waals surface area contributed by atoms with Crippen molar-refractivity contribution < 1.29 is 4.79 Å². The number of hydrogen-bond acceptors (Lipinski definition) is 3. The van der Waals surface area contributed by atoms with Crippen LogP contribution >= 0.6 is 0 Å². The van der Waals surface area contributed by atoms with E-state index in [2.05, 4.69) is 9.97 Å². The summed E-state index contributed by atoms with van der Waals surface area (Å²) >= 11 is 0. The smallest absolute Gasteiger partial charge is 0.272 e. The highest BCUT2D eigenvalue weighted by molar-refractivity contribution is 5.92. The number of nitrogens with one attached hydrogen (secondary N) is 1. The molecule has 80 valence electrons. The lowest BCUT2D eigenvalue weighted by Crippen LogP contribution is -2.36. The predicted molar refractivity (Wildman–Crippen MR) is 54.6 cm³/mol. The SMILES string of the molecule is O=C(c1cc(=O)[nH]cn1)N1CCCCC1. The van der Waals surface area contributed by atoms with E-state index in [-0.39, 0.29) is 17.2 Å². The van der Waals surface area contributed by atoms with Crippen molar-refractivity contribution in [3.8, 4) is 0 Å². The molecule has 1 aliphatic rings. The molecule has 0 radical (unpaired) electrons. The van der Waals surface area contributed by atoms with Crippen LogP contribution in [0.25, 0.3) is 0 Å². The molecule has 0 aliphatic carbocycles. The maximum Gasteiger partial charge on any atom is 0.272 e. The van der Waals surface area contributed by atoms with E-state index in [9.17, 15) is 9.59 Å². The molecule has 1 aliphatic heterocycles. The maximum absolute atomic E-state index is 11.9. The van der Waals surface area contributed by atoms with E-state index in [1.54, 1.807) is 4.90 Å². The maximum atomic E-state index is 11.9. The van der Waals surface area contributed by atoms with Crippen LogP contribution in [0.2, 0.25) is 0 Å². The summed E-state index contributed by atoms with van der Waals surface area (Å²) in [7, 11) is 0. The number of carbonyl (C=O) groups excluding carboxylic acids is 1. The number of carbonyl (C=O) groups is 1. The van der Waals surface area contributed by atoms with Gasteiger partial charge >= 0.3 is 0 Å². The van der Waals surface area contributed by atoms with E-state index in [1.807, 2.05) is 0 Å². The van der Waals surface area contributed by atoms with E-state index < -0.39 is 0 Å². The van der Waals surface area contributed by atoms with Crippen LogP contribution in [0.4, 0.5) is 0 Å². The van der Waals surface area contributed by atoms with Gasteiger partial charge in [0.15, 0.2) is 0 Å². The summed E-state index contributed by atoms with van der Waals surface area (Å²) in [5.41, 5.74) is -0.0500. The standard InChI is InChI=1S/C10H13N3O2/c14-9-6-8(11-7-12-9)10(15)13-4-2-1-3-5-13/h6-7H,1-5H2,(H,11,12,14). The van der Waals surface area contributed by atoms with E-state index in [0.29, 0.717) is 0 Å². The molecule has 0 atom stereocenters. The molecule has 15 heavy (non-hydrogen) atoms. The van der Waals surface area contributed by atoms with Crippen LogP contribution in [0, 0.1) is 0 Å². The van der Waals surface area contributed by atoms with Gasteiger partial charge in [0.25, 0.3) is 11.5 Å². The second-order valence-corrected chi connectivity index (χ2v) is 3.65. The van der Waals surface area contributed by atoms with Crippen LogP contribution in [0.3, 0.4) is 0 Å². The molecule has 5 heteroatoms. The first kappa shape index (κ1) is 9.89. The van der Waals surface area contributed by atoms with E-state index >= 15 is 0 Å². The number of likely N-dealkylation sites (tertiary alicyclic amines) is 1. The topological polar surface area (TPSA) is 66.1 Å². The molecule has 0 spiro atoms. The van der Waals surface area contributed by atoms with Crippen molar-refractivity contribution in [1.29, 1.82) is 0 Å². The third-order valence-electron chi connectivity index (χ3n) is 2.54. The van der Waals surface area contributed by atoms with Crippen molar-refractivity contribution >= 4 is 5.91 Å². The van der Waals surface area contributed by atoms with Crippen molar-refractivity contribution in [2.45, 2.75) is 19.3 Å². The van der Waals surface area contributed by atoms with Gasteiger partial charge in [-0.3, -0.25) is 9.59 Å². The van der Waals surface area contributed by atoms with Gasteiger partial charge in [0.2, 0.25) is 0 Å². The van der Waals surface area contributed by atoms with Gasteiger partial charge in [0.1, 0.15) is 5.69 Å². The highest BCUT2D eigenvalue weighted by Crippen LogP contribution is 2.10. The fourth-order valence-corrected chi connectivity index (χ4v) is 1.74. The van der Waals surface area contributed by atoms with Crippen molar-refractivity contribution in [3.63, 3.8) is 0 Å². The average Bonchev–Trinajstić information content (AvgIpc) is 2.29. The Morgan fingerprint density at radius 3 is 2.73 bits per heavy atom. The summed E-state index contributed by atoms with van der Waals surface area (Å²) in [6, 6.07) is 1.25. The molecular formula is C10H13N3O2. The molecule has 1 aromatic heterocycles. The second kappa shape index (κ2) is 4.25. The van der Waals surface area contributed by atoms with E-state index in [1.165, 1.54) is 18.8 Å². The molecule has 0 bridgehead atoms. The molecular weight excluding hydrogens is 194 g/mol. The van der Waals surface area contributed by atoms with Gasteiger partial charge in [-0.2, -0.15) is 0 Å². The van der Waals surface area contributed by atoms with Gasteiger partial charge in [-0.15, -0.1) is 0 Å². The first-order valence-electron chi connectivity index (χ1n) is 5.11. The van der Waals surface area contributed by atoms with Crippen molar-refractivity contribution in [1.82, 2.24) is 14.9 Å². The number of hydrogen-bond donors (Lipinski definition) is 1. The quantitative estimate of drug-likeness (QED) is 0.724. The largest absolute Gasteiger partial charge is 0.337 e. The monoisotopic (exact) mass is 207 g/mol. The predicted octanol–water partition coefficient (Wildman–Crippen LogP) is 0.396. The minimum atomic E-state index is -0.287. The molecule has 0 saturated carbocycles. The van der Waals surface area contributed by atoms with Gasteiger partial charge < -0.3 is 9.88 Å². The number of rotatable bonds is 1. The first-order valence-corrected chi connectivity index (χ1v) is 5.11. The van der Waals surface area contributed by atoms with Gasteiger partial charge in [-0.1, -0.05) is 0 Å².